The molecule has 11 heteroatoms. The SMILES string of the molecule is Cc1c(Oc2ccc(CCS(C)=O)c(F)c2F)ncnc1OC1CCN(C(=O)OC(C)C)CC1. The van der Waals surface area contributed by atoms with Crippen LogP contribution in [0.1, 0.15) is 37.8 Å². The van der Waals surface area contributed by atoms with Gasteiger partial charge in [0.25, 0.3) is 0 Å². The van der Waals surface area contributed by atoms with Crippen LogP contribution in [0.3, 0.4) is 0 Å². The maximum atomic E-state index is 14.6. The number of hydrogen-bond donors (Lipinski definition) is 0. The van der Waals surface area contributed by atoms with Gasteiger partial charge in [0.1, 0.15) is 12.4 Å². The van der Waals surface area contributed by atoms with Crippen LogP contribution in [0.15, 0.2) is 18.5 Å². The molecule has 0 saturated carbocycles. The van der Waals surface area contributed by atoms with Crippen LogP contribution in [-0.2, 0) is 22.0 Å². The Morgan fingerprint density at radius 2 is 1.85 bits per heavy atom. The van der Waals surface area contributed by atoms with Crippen molar-refractivity contribution < 1.29 is 32.0 Å². The van der Waals surface area contributed by atoms with Crippen LogP contribution in [0.2, 0.25) is 0 Å². The predicted octanol–water partition coefficient (Wildman–Crippen LogP) is 4.16. The molecule has 1 atom stereocenters. The molecule has 1 amide bonds. The van der Waals surface area contributed by atoms with Crippen LogP contribution in [0.25, 0.3) is 0 Å². The molecule has 1 fully saturated rings. The van der Waals surface area contributed by atoms with Gasteiger partial charge in [-0.1, -0.05) is 6.07 Å². The number of likely N-dealkylation sites (tertiary alicyclic amines) is 1. The zero-order valence-corrected chi connectivity index (χ0v) is 20.5. The standard InChI is InChI=1S/C23H29F2N3O5S/c1-14(2)31-23(29)28-10-7-17(8-11-28)32-21-15(3)22(27-13-26-21)33-18-6-5-16(9-12-34(4)30)19(24)20(18)25/h5-6,13-14,17H,7-12H2,1-4H3. The summed E-state index contributed by atoms with van der Waals surface area (Å²) in [6.07, 6.45) is 3.38. The van der Waals surface area contributed by atoms with E-state index in [1.165, 1.54) is 24.7 Å². The second-order valence-corrected chi connectivity index (χ2v) is 9.88. The number of amides is 1. The molecule has 1 aliphatic rings. The van der Waals surface area contributed by atoms with Gasteiger partial charge in [0.2, 0.25) is 17.6 Å². The summed E-state index contributed by atoms with van der Waals surface area (Å²) in [6, 6.07) is 2.73. The molecular weight excluding hydrogens is 468 g/mol. The topological polar surface area (TPSA) is 90.9 Å². The largest absolute Gasteiger partial charge is 0.474 e. The van der Waals surface area contributed by atoms with E-state index in [1.807, 2.05) is 0 Å². The number of piperidine rings is 1. The summed E-state index contributed by atoms with van der Waals surface area (Å²) in [4.78, 5) is 21.9. The maximum absolute atomic E-state index is 14.6. The highest BCUT2D eigenvalue weighted by molar-refractivity contribution is 7.84. The zero-order chi connectivity index (χ0) is 24.8. The Morgan fingerprint density at radius 3 is 2.50 bits per heavy atom. The minimum atomic E-state index is -1.14. The molecule has 34 heavy (non-hydrogen) atoms. The van der Waals surface area contributed by atoms with Crippen molar-refractivity contribution in [3.8, 4) is 17.5 Å². The lowest BCUT2D eigenvalue weighted by Gasteiger charge is -2.31. The number of aromatic nitrogens is 2. The molecular formula is C23H29F2N3O5S. The number of hydrogen-bond acceptors (Lipinski definition) is 7. The summed E-state index contributed by atoms with van der Waals surface area (Å²) < 4.78 is 57.0. The Bertz CT molecular complexity index is 1050. The number of ether oxygens (including phenoxy) is 3. The van der Waals surface area contributed by atoms with Gasteiger partial charge in [-0.05, 0) is 38.8 Å². The lowest BCUT2D eigenvalue weighted by molar-refractivity contribution is 0.0505. The highest BCUT2D eigenvalue weighted by Crippen LogP contribution is 2.32. The third-order valence-corrected chi connectivity index (χ3v) is 6.08. The van der Waals surface area contributed by atoms with Crippen LogP contribution < -0.4 is 9.47 Å². The summed E-state index contributed by atoms with van der Waals surface area (Å²) in [5.41, 5.74) is 0.571. The molecule has 2 aromatic rings. The molecule has 0 spiro atoms. The van der Waals surface area contributed by atoms with Gasteiger partial charge >= 0.3 is 6.09 Å². The van der Waals surface area contributed by atoms with E-state index < -0.39 is 22.4 Å². The van der Waals surface area contributed by atoms with Gasteiger partial charge in [-0.3, -0.25) is 4.21 Å². The van der Waals surface area contributed by atoms with Gasteiger partial charge in [0, 0.05) is 48.7 Å². The van der Waals surface area contributed by atoms with E-state index >= 15 is 0 Å². The van der Waals surface area contributed by atoms with Crippen LogP contribution >= 0.6 is 0 Å². The molecule has 0 N–H and O–H groups in total. The molecule has 2 heterocycles. The minimum Gasteiger partial charge on any atom is -0.474 e. The molecule has 0 aliphatic carbocycles. The summed E-state index contributed by atoms with van der Waals surface area (Å²) in [5.74, 6) is -1.93. The maximum Gasteiger partial charge on any atom is 0.410 e. The molecule has 1 aromatic heterocycles. The fourth-order valence-corrected chi connectivity index (χ4v) is 3.94. The Kier molecular flexibility index (Phi) is 8.76. The first-order valence-corrected chi connectivity index (χ1v) is 12.8. The fraction of sp³-hybridized carbons (Fsp3) is 0.522. The van der Waals surface area contributed by atoms with Gasteiger partial charge in [0.05, 0.1) is 11.7 Å². The van der Waals surface area contributed by atoms with E-state index in [4.69, 9.17) is 14.2 Å². The van der Waals surface area contributed by atoms with Crippen LogP contribution in [-0.4, -0.2) is 62.5 Å². The third kappa shape index (κ3) is 6.62. The summed E-state index contributed by atoms with van der Waals surface area (Å²) >= 11 is 0. The summed E-state index contributed by atoms with van der Waals surface area (Å²) in [7, 11) is -1.11. The van der Waals surface area contributed by atoms with Gasteiger partial charge in [-0.2, -0.15) is 4.39 Å². The highest BCUT2D eigenvalue weighted by Gasteiger charge is 2.26. The van der Waals surface area contributed by atoms with E-state index in [-0.39, 0.29) is 53.5 Å². The van der Waals surface area contributed by atoms with E-state index in [2.05, 4.69) is 9.97 Å². The van der Waals surface area contributed by atoms with E-state index in [0.29, 0.717) is 31.5 Å². The van der Waals surface area contributed by atoms with E-state index in [0.717, 1.165) is 0 Å². The van der Waals surface area contributed by atoms with Gasteiger partial charge in [-0.25, -0.2) is 19.2 Å². The van der Waals surface area contributed by atoms with Crippen molar-refractivity contribution in [2.24, 2.45) is 0 Å². The van der Waals surface area contributed by atoms with Crippen molar-refractivity contribution in [2.75, 3.05) is 25.1 Å². The number of halogens is 2. The average Bonchev–Trinajstić information content (AvgIpc) is 2.79. The summed E-state index contributed by atoms with van der Waals surface area (Å²) in [6.45, 7) is 6.25. The number of nitrogens with zero attached hydrogens (tertiary/aromatic N) is 3. The van der Waals surface area contributed by atoms with Gasteiger partial charge < -0.3 is 19.1 Å². The van der Waals surface area contributed by atoms with Crippen LogP contribution in [0.5, 0.6) is 17.5 Å². The Hall–Kier alpha value is -2.82. The minimum absolute atomic E-state index is 0.0451. The van der Waals surface area contributed by atoms with Crippen LogP contribution in [0, 0.1) is 18.6 Å². The van der Waals surface area contributed by atoms with E-state index in [1.54, 1.807) is 25.7 Å². The summed E-state index contributed by atoms with van der Waals surface area (Å²) in [5, 5.41) is 0. The number of carbonyl (C=O) groups excluding carboxylic acids is 1. The molecule has 186 valence electrons. The van der Waals surface area contributed by atoms with Crippen molar-refractivity contribution in [2.45, 2.75) is 52.2 Å². The van der Waals surface area contributed by atoms with Crippen molar-refractivity contribution >= 4 is 16.9 Å². The predicted molar refractivity (Wildman–Crippen MR) is 123 cm³/mol. The normalized spacial score (nSPS) is 15.3. The lowest BCUT2D eigenvalue weighted by atomic mass is 10.1. The van der Waals surface area contributed by atoms with Gasteiger partial charge in [-0.15, -0.1) is 0 Å². The average molecular weight is 498 g/mol. The molecule has 3 rings (SSSR count). The third-order valence-electron chi connectivity index (χ3n) is 5.30. The van der Waals surface area contributed by atoms with Crippen molar-refractivity contribution in [1.29, 1.82) is 0 Å². The second-order valence-electron chi connectivity index (χ2n) is 8.33. The number of rotatable bonds is 8. The Labute approximate surface area is 200 Å². The zero-order valence-electron chi connectivity index (χ0n) is 19.7. The molecule has 1 saturated heterocycles. The fourth-order valence-electron chi connectivity index (χ4n) is 3.43. The second kappa shape index (κ2) is 11.5. The number of benzene rings is 1. The Morgan fingerprint density at radius 1 is 1.18 bits per heavy atom. The first-order valence-electron chi connectivity index (χ1n) is 11.0. The molecule has 8 nitrogen and oxygen atoms in total. The smallest absolute Gasteiger partial charge is 0.410 e. The van der Waals surface area contributed by atoms with Gasteiger partial charge in [0.15, 0.2) is 11.6 Å². The van der Waals surface area contributed by atoms with Crippen LogP contribution in [0.4, 0.5) is 13.6 Å². The highest BCUT2D eigenvalue weighted by atomic mass is 32.2. The van der Waals surface area contributed by atoms with Crippen molar-refractivity contribution in [1.82, 2.24) is 14.9 Å². The lowest BCUT2D eigenvalue weighted by Crippen LogP contribution is -2.42. The van der Waals surface area contributed by atoms with Crippen molar-refractivity contribution in [3.63, 3.8) is 0 Å². The number of aryl methyl sites for hydroxylation is 1. The quantitative estimate of drug-likeness (QED) is 0.541. The first kappa shape index (κ1) is 25.8. The molecule has 0 radical (unpaired) electrons. The first-order chi connectivity index (χ1) is 16.2. The molecule has 1 unspecified atom stereocenters. The monoisotopic (exact) mass is 497 g/mol. The van der Waals surface area contributed by atoms with Crippen molar-refractivity contribution in [3.05, 3.63) is 41.2 Å². The molecule has 0 bridgehead atoms. The molecule has 1 aromatic carbocycles. The van der Waals surface area contributed by atoms with E-state index in [9.17, 15) is 17.8 Å². The Balaban J connectivity index is 1.65. The number of carbonyl (C=O) groups is 1. The molecule has 1 aliphatic heterocycles.